The van der Waals surface area contributed by atoms with E-state index in [2.05, 4.69) is 15.2 Å². The Hall–Kier alpha value is -2.44. The SMILES string of the molecule is COc1cccc2sc(NC(=O)C(c3ccccc3)N3CCCC3)nc12. The maximum absolute atomic E-state index is 13.1. The number of methoxy groups -OCH3 is 1. The average molecular weight is 367 g/mol. The molecule has 1 N–H and O–H groups in total. The Morgan fingerprint density at radius 2 is 1.92 bits per heavy atom. The molecule has 0 aliphatic carbocycles. The fourth-order valence-electron chi connectivity index (χ4n) is 3.48. The number of carbonyl (C=O) groups excluding carboxylic acids is 1. The molecule has 26 heavy (non-hydrogen) atoms. The molecule has 1 fully saturated rings. The minimum Gasteiger partial charge on any atom is -0.494 e. The van der Waals surface area contributed by atoms with Crippen LogP contribution < -0.4 is 10.1 Å². The number of nitrogens with zero attached hydrogens (tertiary/aromatic N) is 2. The fraction of sp³-hybridized carbons (Fsp3) is 0.300. The molecule has 1 atom stereocenters. The van der Waals surface area contributed by atoms with Crippen molar-refractivity contribution in [3.63, 3.8) is 0 Å². The standard InChI is InChI=1S/C20H21N3O2S/c1-25-15-10-7-11-16-17(15)21-20(26-16)22-19(24)18(23-12-5-6-13-23)14-8-3-2-4-9-14/h2-4,7-11,18H,5-6,12-13H2,1H3,(H,21,22,24). The van der Waals surface area contributed by atoms with Crippen molar-refractivity contribution in [3.8, 4) is 5.75 Å². The summed E-state index contributed by atoms with van der Waals surface area (Å²) in [7, 11) is 1.63. The van der Waals surface area contributed by atoms with Gasteiger partial charge in [0.15, 0.2) is 5.13 Å². The lowest BCUT2D eigenvalue weighted by atomic mass is 10.1. The van der Waals surface area contributed by atoms with Crippen molar-refractivity contribution in [1.29, 1.82) is 0 Å². The van der Waals surface area contributed by atoms with Crippen molar-refractivity contribution >= 4 is 32.6 Å². The van der Waals surface area contributed by atoms with Crippen LogP contribution >= 0.6 is 11.3 Å². The van der Waals surface area contributed by atoms with Gasteiger partial charge < -0.3 is 10.1 Å². The maximum Gasteiger partial charge on any atom is 0.248 e. The summed E-state index contributed by atoms with van der Waals surface area (Å²) in [6, 6.07) is 15.5. The van der Waals surface area contributed by atoms with Crippen LogP contribution in [0.1, 0.15) is 24.4 Å². The number of anilines is 1. The molecule has 1 aromatic heterocycles. The van der Waals surface area contributed by atoms with Crippen LogP contribution in [0.5, 0.6) is 5.75 Å². The predicted octanol–water partition coefficient (Wildman–Crippen LogP) is 4.08. The van der Waals surface area contributed by atoms with Gasteiger partial charge in [0.2, 0.25) is 5.91 Å². The smallest absolute Gasteiger partial charge is 0.248 e. The highest BCUT2D eigenvalue weighted by Crippen LogP contribution is 2.33. The summed E-state index contributed by atoms with van der Waals surface area (Å²) in [6.45, 7) is 1.89. The number of fused-ring (bicyclic) bond motifs is 1. The number of hydrogen-bond acceptors (Lipinski definition) is 5. The molecule has 2 aromatic carbocycles. The van der Waals surface area contributed by atoms with E-state index in [1.807, 2.05) is 48.5 Å². The number of hydrogen-bond donors (Lipinski definition) is 1. The zero-order valence-electron chi connectivity index (χ0n) is 14.6. The predicted molar refractivity (Wildman–Crippen MR) is 105 cm³/mol. The summed E-state index contributed by atoms with van der Waals surface area (Å²) in [5.74, 6) is 0.689. The van der Waals surface area contributed by atoms with Crippen molar-refractivity contribution in [2.75, 3.05) is 25.5 Å². The van der Waals surface area contributed by atoms with E-state index in [1.165, 1.54) is 11.3 Å². The zero-order chi connectivity index (χ0) is 17.9. The summed E-state index contributed by atoms with van der Waals surface area (Å²) < 4.78 is 6.36. The Kier molecular flexibility index (Phi) is 4.86. The number of para-hydroxylation sites is 1. The van der Waals surface area contributed by atoms with Crippen molar-refractivity contribution < 1.29 is 9.53 Å². The number of carbonyl (C=O) groups is 1. The summed E-state index contributed by atoms with van der Waals surface area (Å²) in [5, 5.41) is 3.64. The van der Waals surface area contributed by atoms with Gasteiger partial charge in [0.1, 0.15) is 17.3 Å². The van der Waals surface area contributed by atoms with Gasteiger partial charge in [-0.3, -0.25) is 9.69 Å². The molecule has 0 bridgehead atoms. The molecule has 3 aromatic rings. The molecule has 1 aliphatic rings. The number of aromatic nitrogens is 1. The number of rotatable bonds is 5. The second-order valence-corrected chi connectivity index (χ2v) is 7.40. The van der Waals surface area contributed by atoms with Gasteiger partial charge in [0.25, 0.3) is 0 Å². The Morgan fingerprint density at radius 3 is 2.65 bits per heavy atom. The van der Waals surface area contributed by atoms with Gasteiger partial charge in [-0.2, -0.15) is 0 Å². The van der Waals surface area contributed by atoms with Gasteiger partial charge in [0.05, 0.1) is 11.8 Å². The highest BCUT2D eigenvalue weighted by molar-refractivity contribution is 7.22. The first kappa shape index (κ1) is 17.0. The molecule has 134 valence electrons. The van der Waals surface area contributed by atoms with Crippen LogP contribution in [0.15, 0.2) is 48.5 Å². The van der Waals surface area contributed by atoms with E-state index in [0.717, 1.165) is 47.5 Å². The van der Waals surface area contributed by atoms with Crippen molar-refractivity contribution in [1.82, 2.24) is 9.88 Å². The second kappa shape index (κ2) is 7.43. The van der Waals surface area contributed by atoms with Crippen molar-refractivity contribution in [2.45, 2.75) is 18.9 Å². The van der Waals surface area contributed by atoms with E-state index >= 15 is 0 Å². The van der Waals surface area contributed by atoms with Crippen LogP contribution in [0.3, 0.4) is 0 Å². The molecule has 1 amide bonds. The van der Waals surface area contributed by atoms with E-state index in [9.17, 15) is 4.79 Å². The first-order chi connectivity index (χ1) is 12.8. The first-order valence-corrected chi connectivity index (χ1v) is 9.61. The molecular weight excluding hydrogens is 346 g/mol. The molecule has 5 nitrogen and oxygen atoms in total. The van der Waals surface area contributed by atoms with Crippen LogP contribution in [-0.2, 0) is 4.79 Å². The lowest BCUT2D eigenvalue weighted by Gasteiger charge is -2.26. The van der Waals surface area contributed by atoms with E-state index < -0.39 is 0 Å². The first-order valence-electron chi connectivity index (χ1n) is 8.79. The number of amides is 1. The Labute approximate surface area is 156 Å². The molecule has 1 aliphatic heterocycles. The molecule has 0 spiro atoms. The van der Waals surface area contributed by atoms with Crippen molar-refractivity contribution in [3.05, 3.63) is 54.1 Å². The molecule has 0 saturated carbocycles. The van der Waals surface area contributed by atoms with Gasteiger partial charge >= 0.3 is 0 Å². The molecular formula is C20H21N3O2S. The van der Waals surface area contributed by atoms with Gasteiger partial charge in [-0.15, -0.1) is 0 Å². The average Bonchev–Trinajstić information content (AvgIpc) is 3.32. The Morgan fingerprint density at radius 1 is 1.15 bits per heavy atom. The van der Waals surface area contributed by atoms with Crippen molar-refractivity contribution in [2.24, 2.45) is 0 Å². The minimum absolute atomic E-state index is 0.0314. The van der Waals surface area contributed by atoms with Gasteiger partial charge in [-0.1, -0.05) is 47.7 Å². The second-order valence-electron chi connectivity index (χ2n) is 6.37. The van der Waals surface area contributed by atoms with E-state index in [-0.39, 0.29) is 11.9 Å². The molecule has 4 rings (SSSR count). The summed E-state index contributed by atoms with van der Waals surface area (Å²) >= 11 is 1.47. The number of likely N-dealkylation sites (tertiary alicyclic amines) is 1. The van der Waals surface area contributed by atoms with Crippen LogP contribution in [0, 0.1) is 0 Å². The Bertz CT molecular complexity index is 904. The van der Waals surface area contributed by atoms with Crippen LogP contribution in [-0.4, -0.2) is 36.0 Å². The van der Waals surface area contributed by atoms with Crippen LogP contribution in [0.25, 0.3) is 10.2 Å². The summed E-state index contributed by atoms with van der Waals surface area (Å²) in [6.07, 6.45) is 2.27. The minimum atomic E-state index is -0.285. The number of ether oxygens (including phenoxy) is 1. The molecule has 1 unspecified atom stereocenters. The third kappa shape index (κ3) is 3.30. The topological polar surface area (TPSA) is 54.5 Å². The lowest BCUT2D eigenvalue weighted by molar-refractivity contribution is -0.121. The van der Waals surface area contributed by atoms with E-state index in [1.54, 1.807) is 7.11 Å². The number of thiazole rings is 1. The lowest BCUT2D eigenvalue weighted by Crippen LogP contribution is -2.35. The van der Waals surface area contributed by atoms with Gasteiger partial charge in [0, 0.05) is 0 Å². The highest BCUT2D eigenvalue weighted by atomic mass is 32.1. The molecule has 2 heterocycles. The highest BCUT2D eigenvalue weighted by Gasteiger charge is 2.30. The number of nitrogens with one attached hydrogen (secondary N) is 1. The fourth-order valence-corrected chi connectivity index (χ4v) is 4.36. The third-order valence-electron chi connectivity index (χ3n) is 4.70. The van der Waals surface area contributed by atoms with E-state index in [4.69, 9.17) is 4.74 Å². The third-order valence-corrected chi connectivity index (χ3v) is 5.64. The quantitative estimate of drug-likeness (QED) is 0.738. The largest absolute Gasteiger partial charge is 0.494 e. The van der Waals surface area contributed by atoms with E-state index in [0.29, 0.717) is 5.13 Å². The van der Waals surface area contributed by atoms with Gasteiger partial charge in [-0.25, -0.2) is 4.98 Å². The summed E-state index contributed by atoms with van der Waals surface area (Å²) in [5.41, 5.74) is 1.80. The molecule has 6 heteroatoms. The normalized spacial score (nSPS) is 15.9. The monoisotopic (exact) mass is 367 g/mol. The molecule has 1 saturated heterocycles. The molecule has 0 radical (unpaired) electrons. The maximum atomic E-state index is 13.1. The van der Waals surface area contributed by atoms with Crippen LogP contribution in [0.4, 0.5) is 5.13 Å². The van der Waals surface area contributed by atoms with Crippen LogP contribution in [0.2, 0.25) is 0 Å². The zero-order valence-corrected chi connectivity index (χ0v) is 15.5. The Balaban J connectivity index is 1.62. The van der Waals surface area contributed by atoms with Gasteiger partial charge in [-0.05, 0) is 43.6 Å². The summed E-state index contributed by atoms with van der Waals surface area (Å²) in [4.78, 5) is 19.9. The number of benzene rings is 2.